The molecule has 1 rings (SSSR count). The molecule has 0 saturated heterocycles. The van der Waals surface area contributed by atoms with Gasteiger partial charge >= 0.3 is 65.1 Å². The van der Waals surface area contributed by atoms with Gasteiger partial charge in [-0.3, -0.25) is 4.79 Å². The van der Waals surface area contributed by atoms with Crippen LogP contribution in [0.5, 0.6) is 5.75 Å². The fraction of sp³-hybridized carbons (Fsp3) is 0.125. The van der Waals surface area contributed by atoms with E-state index in [-0.39, 0.29) is 65.1 Å². The van der Waals surface area contributed by atoms with E-state index in [1.165, 1.54) is 0 Å². The SMILES string of the molecule is O=C(CI)Oc1ccccc1.[NaH].[NaH]. The number of hydrogen-bond acceptors (Lipinski definition) is 2. The van der Waals surface area contributed by atoms with Crippen molar-refractivity contribution in [2.75, 3.05) is 4.43 Å². The van der Waals surface area contributed by atoms with Gasteiger partial charge in [0.25, 0.3) is 0 Å². The molecule has 0 heterocycles. The van der Waals surface area contributed by atoms with Crippen molar-refractivity contribution in [3.8, 4) is 5.75 Å². The van der Waals surface area contributed by atoms with Crippen LogP contribution in [-0.4, -0.2) is 69.5 Å². The van der Waals surface area contributed by atoms with Gasteiger partial charge in [-0.05, 0) is 12.1 Å². The minimum absolute atomic E-state index is 0. The first-order valence-corrected chi connectivity index (χ1v) is 4.67. The zero-order valence-electron chi connectivity index (χ0n) is 5.79. The van der Waals surface area contributed by atoms with E-state index in [1.807, 2.05) is 40.8 Å². The van der Waals surface area contributed by atoms with E-state index in [0.29, 0.717) is 10.2 Å². The van der Waals surface area contributed by atoms with Crippen LogP contribution in [0.1, 0.15) is 0 Å². The molecular weight excluding hydrogens is 301 g/mol. The summed E-state index contributed by atoms with van der Waals surface area (Å²) in [4.78, 5) is 10.8. The molecule has 0 aliphatic carbocycles. The zero-order valence-corrected chi connectivity index (χ0v) is 7.95. The number of para-hydroxylation sites is 1. The van der Waals surface area contributed by atoms with E-state index in [1.54, 1.807) is 12.1 Å². The summed E-state index contributed by atoms with van der Waals surface area (Å²) in [5.74, 6) is 0.394. The van der Waals surface area contributed by atoms with E-state index >= 15 is 0 Å². The van der Waals surface area contributed by atoms with E-state index < -0.39 is 0 Å². The van der Waals surface area contributed by atoms with Crippen molar-refractivity contribution >= 4 is 87.7 Å². The fourth-order valence-corrected chi connectivity index (χ4v) is 0.803. The van der Waals surface area contributed by atoms with Crippen molar-refractivity contribution in [1.29, 1.82) is 0 Å². The Balaban J connectivity index is 0. The molecule has 0 aliphatic rings. The topological polar surface area (TPSA) is 26.3 Å². The molecule has 0 radical (unpaired) electrons. The summed E-state index contributed by atoms with van der Waals surface area (Å²) >= 11 is 1.97. The maximum absolute atomic E-state index is 10.8. The number of ether oxygens (including phenoxy) is 1. The second-order valence-corrected chi connectivity index (χ2v) is 2.68. The average Bonchev–Trinajstić information content (AvgIpc) is 2.06. The van der Waals surface area contributed by atoms with Crippen LogP contribution < -0.4 is 4.74 Å². The van der Waals surface area contributed by atoms with E-state index in [4.69, 9.17) is 4.74 Å². The van der Waals surface area contributed by atoms with Crippen molar-refractivity contribution in [3.05, 3.63) is 30.3 Å². The number of halogens is 1. The van der Waals surface area contributed by atoms with Crippen LogP contribution in [0.4, 0.5) is 0 Å². The van der Waals surface area contributed by atoms with Gasteiger partial charge in [-0.15, -0.1) is 0 Å². The summed E-state index contributed by atoms with van der Waals surface area (Å²) in [5, 5.41) is 0. The van der Waals surface area contributed by atoms with Gasteiger partial charge in [-0.2, -0.15) is 0 Å². The molecule has 0 amide bonds. The second kappa shape index (κ2) is 9.96. The van der Waals surface area contributed by atoms with Gasteiger partial charge in [0.2, 0.25) is 0 Å². The van der Waals surface area contributed by atoms with E-state index in [9.17, 15) is 4.79 Å². The minimum atomic E-state index is -0.211. The Bertz CT molecular complexity index is 241. The van der Waals surface area contributed by atoms with Crippen LogP contribution >= 0.6 is 22.6 Å². The van der Waals surface area contributed by atoms with Crippen molar-refractivity contribution < 1.29 is 9.53 Å². The van der Waals surface area contributed by atoms with Crippen LogP contribution in [0.2, 0.25) is 0 Å². The molecule has 0 unspecified atom stereocenters. The molecule has 1 aromatic rings. The molecule has 0 aliphatic heterocycles. The first kappa shape index (κ1) is 16.8. The molecule has 0 aromatic heterocycles. The van der Waals surface area contributed by atoms with Crippen LogP contribution in [0, 0.1) is 0 Å². The molecule has 2 nitrogen and oxygen atoms in total. The van der Waals surface area contributed by atoms with Crippen LogP contribution in [-0.2, 0) is 4.79 Å². The van der Waals surface area contributed by atoms with Crippen molar-refractivity contribution in [2.24, 2.45) is 0 Å². The number of hydrogen-bond donors (Lipinski definition) is 0. The second-order valence-electron chi connectivity index (χ2n) is 1.92. The number of alkyl halides is 1. The van der Waals surface area contributed by atoms with Gasteiger partial charge in [0, 0.05) is 0 Å². The van der Waals surface area contributed by atoms with Crippen LogP contribution in [0.25, 0.3) is 0 Å². The normalized spacial score (nSPS) is 7.77. The Morgan fingerprint density at radius 2 is 1.77 bits per heavy atom. The maximum atomic E-state index is 10.8. The molecule has 13 heavy (non-hydrogen) atoms. The van der Waals surface area contributed by atoms with E-state index in [2.05, 4.69) is 0 Å². The third-order valence-electron chi connectivity index (χ3n) is 1.08. The standard InChI is InChI=1S/C8H7IO2.2Na.2H/c9-6-8(10)11-7-4-2-1-3-5-7;;;;/h1-5H,6H2;;;;. The molecule has 62 valence electrons. The zero-order chi connectivity index (χ0) is 8.10. The number of carbonyl (C=O) groups is 1. The van der Waals surface area contributed by atoms with Crippen LogP contribution in [0.15, 0.2) is 30.3 Å². The quantitative estimate of drug-likeness (QED) is 0.265. The first-order chi connectivity index (χ1) is 5.33. The monoisotopic (exact) mass is 310 g/mol. The molecule has 1 aromatic carbocycles. The number of benzene rings is 1. The predicted octanol–water partition coefficient (Wildman–Crippen LogP) is 0.730. The predicted molar refractivity (Wildman–Crippen MR) is 65.3 cm³/mol. The number of esters is 1. The average molecular weight is 310 g/mol. The molecular formula is C8H9INa2O2. The molecule has 0 spiro atoms. The Kier molecular flexibility index (Phi) is 12.9. The number of rotatable bonds is 2. The summed E-state index contributed by atoms with van der Waals surface area (Å²) < 4.78 is 5.30. The van der Waals surface area contributed by atoms with Gasteiger partial charge in [-0.1, -0.05) is 40.8 Å². The summed E-state index contributed by atoms with van der Waals surface area (Å²) in [6, 6.07) is 9.04. The molecule has 0 saturated carbocycles. The summed E-state index contributed by atoms with van der Waals surface area (Å²) in [7, 11) is 0. The molecule has 0 atom stereocenters. The van der Waals surface area contributed by atoms with Gasteiger partial charge in [0.05, 0.1) is 4.43 Å². The Morgan fingerprint density at radius 1 is 1.23 bits per heavy atom. The van der Waals surface area contributed by atoms with Gasteiger partial charge < -0.3 is 4.74 Å². The molecule has 0 bridgehead atoms. The Labute approximate surface area is 136 Å². The summed E-state index contributed by atoms with van der Waals surface area (Å²) in [6.45, 7) is 0. The summed E-state index contributed by atoms with van der Waals surface area (Å²) in [6.07, 6.45) is 0. The van der Waals surface area contributed by atoms with Crippen LogP contribution in [0.3, 0.4) is 0 Å². The summed E-state index contributed by atoms with van der Waals surface area (Å²) in [5.41, 5.74) is 0. The Morgan fingerprint density at radius 3 is 2.23 bits per heavy atom. The number of carbonyl (C=O) groups excluding carboxylic acids is 1. The van der Waals surface area contributed by atoms with Gasteiger partial charge in [0.15, 0.2) is 0 Å². The van der Waals surface area contributed by atoms with Crippen molar-refractivity contribution in [1.82, 2.24) is 0 Å². The third-order valence-corrected chi connectivity index (χ3v) is 1.71. The molecule has 5 heteroatoms. The fourth-order valence-electron chi connectivity index (χ4n) is 0.647. The third kappa shape index (κ3) is 7.36. The van der Waals surface area contributed by atoms with Crippen molar-refractivity contribution in [3.63, 3.8) is 0 Å². The van der Waals surface area contributed by atoms with Gasteiger partial charge in [-0.25, -0.2) is 0 Å². The van der Waals surface area contributed by atoms with Gasteiger partial charge in [0.1, 0.15) is 5.75 Å². The first-order valence-electron chi connectivity index (χ1n) is 3.14. The van der Waals surface area contributed by atoms with E-state index in [0.717, 1.165) is 0 Å². The molecule has 0 fully saturated rings. The van der Waals surface area contributed by atoms with Crippen molar-refractivity contribution in [2.45, 2.75) is 0 Å². The Hall–Kier alpha value is 1.42. The molecule has 0 N–H and O–H groups in total.